The lowest BCUT2D eigenvalue weighted by Gasteiger charge is -2.33. The largest absolute Gasteiger partial charge is 0.468 e. The van der Waals surface area contributed by atoms with Crippen LogP contribution in [0, 0.1) is 5.92 Å². The fourth-order valence-electron chi connectivity index (χ4n) is 3.85. The summed E-state index contributed by atoms with van der Waals surface area (Å²) in [5.41, 5.74) is 0. The van der Waals surface area contributed by atoms with E-state index in [1.165, 1.54) is 5.06 Å². The molecule has 0 unspecified atom stereocenters. The number of hydrogen-bond acceptors (Lipinski definition) is 5. The highest BCUT2D eigenvalue weighted by atomic mass is 16.7. The summed E-state index contributed by atoms with van der Waals surface area (Å²) in [6, 6.07) is 3.92. The van der Waals surface area contributed by atoms with Gasteiger partial charge >= 0.3 is 0 Å². The molecule has 0 aliphatic carbocycles. The molecule has 1 aromatic rings. The van der Waals surface area contributed by atoms with Crippen LogP contribution in [0.4, 0.5) is 0 Å². The summed E-state index contributed by atoms with van der Waals surface area (Å²) >= 11 is 0. The Kier molecular flexibility index (Phi) is 4.37. The molecular weight excluding hydrogens is 296 g/mol. The molecule has 126 valence electrons. The van der Waals surface area contributed by atoms with Crippen LogP contribution >= 0.6 is 0 Å². The first-order valence-corrected chi connectivity index (χ1v) is 8.64. The van der Waals surface area contributed by atoms with Gasteiger partial charge in [-0.1, -0.05) is 0 Å². The van der Waals surface area contributed by atoms with Gasteiger partial charge in [0.05, 0.1) is 25.5 Å². The number of rotatable bonds is 3. The van der Waals surface area contributed by atoms with Gasteiger partial charge in [0.1, 0.15) is 11.9 Å². The minimum absolute atomic E-state index is 0.0108. The van der Waals surface area contributed by atoms with Crippen molar-refractivity contribution in [2.24, 2.45) is 5.92 Å². The van der Waals surface area contributed by atoms with Gasteiger partial charge in [-0.25, -0.2) is 5.06 Å². The van der Waals surface area contributed by atoms with Crippen molar-refractivity contribution in [3.8, 4) is 0 Å². The Morgan fingerprint density at radius 1 is 1.30 bits per heavy atom. The van der Waals surface area contributed by atoms with Crippen LogP contribution in [0.25, 0.3) is 0 Å². The average Bonchev–Trinajstić information content (AvgIpc) is 3.24. The Bertz CT molecular complexity index is 527. The molecule has 0 bridgehead atoms. The molecule has 0 N–H and O–H groups in total. The lowest BCUT2D eigenvalue weighted by Crippen LogP contribution is -2.43. The maximum absolute atomic E-state index is 12.5. The minimum atomic E-state index is -0.327. The molecule has 0 radical (unpaired) electrons. The van der Waals surface area contributed by atoms with Gasteiger partial charge in [0.15, 0.2) is 0 Å². The predicted molar refractivity (Wildman–Crippen MR) is 82.3 cm³/mol. The summed E-state index contributed by atoms with van der Waals surface area (Å²) in [5.74, 6) is 1.48. The maximum Gasteiger partial charge on any atom is 0.275 e. The summed E-state index contributed by atoms with van der Waals surface area (Å²) in [6.07, 6.45) is 5.49. The summed E-state index contributed by atoms with van der Waals surface area (Å²) < 4.78 is 11.5. The maximum atomic E-state index is 12.5. The highest BCUT2D eigenvalue weighted by Gasteiger charge is 2.43. The van der Waals surface area contributed by atoms with Crippen LogP contribution in [-0.2, 0) is 20.9 Å². The molecule has 1 aromatic heterocycles. The molecule has 1 amide bonds. The number of likely N-dealkylation sites (tertiary alicyclic amines) is 1. The monoisotopic (exact) mass is 320 g/mol. The molecule has 4 rings (SSSR count). The smallest absolute Gasteiger partial charge is 0.275 e. The Morgan fingerprint density at radius 2 is 2.26 bits per heavy atom. The first-order chi connectivity index (χ1) is 11.3. The van der Waals surface area contributed by atoms with E-state index < -0.39 is 0 Å². The van der Waals surface area contributed by atoms with Crippen molar-refractivity contribution in [1.29, 1.82) is 0 Å². The number of furan rings is 1. The third kappa shape index (κ3) is 3.29. The molecule has 0 saturated carbocycles. The quantitative estimate of drug-likeness (QED) is 0.850. The van der Waals surface area contributed by atoms with Crippen LogP contribution in [-0.4, -0.2) is 54.3 Å². The van der Waals surface area contributed by atoms with E-state index in [9.17, 15) is 4.79 Å². The lowest BCUT2D eigenvalue weighted by molar-refractivity contribution is -0.206. The van der Waals surface area contributed by atoms with E-state index in [4.69, 9.17) is 14.0 Å². The topological polar surface area (TPSA) is 55.2 Å². The zero-order valence-corrected chi connectivity index (χ0v) is 13.4. The first-order valence-electron chi connectivity index (χ1n) is 8.64. The Morgan fingerprint density at radius 3 is 3.04 bits per heavy atom. The number of amides is 1. The molecule has 3 saturated heterocycles. The number of hydrogen-bond donors (Lipinski definition) is 0. The van der Waals surface area contributed by atoms with E-state index in [2.05, 4.69) is 4.90 Å². The van der Waals surface area contributed by atoms with E-state index in [0.29, 0.717) is 19.1 Å². The van der Waals surface area contributed by atoms with Crippen molar-refractivity contribution >= 4 is 5.91 Å². The van der Waals surface area contributed by atoms with E-state index in [0.717, 1.165) is 51.1 Å². The molecule has 3 fully saturated rings. The normalized spacial score (nSPS) is 32.0. The third-order valence-corrected chi connectivity index (χ3v) is 5.12. The number of carbonyl (C=O) groups excluding carboxylic acids is 1. The van der Waals surface area contributed by atoms with Gasteiger partial charge < -0.3 is 9.15 Å². The van der Waals surface area contributed by atoms with Gasteiger partial charge in [-0.3, -0.25) is 14.5 Å². The molecule has 6 heteroatoms. The van der Waals surface area contributed by atoms with Crippen molar-refractivity contribution < 1.29 is 18.8 Å². The molecular formula is C17H24N2O4. The van der Waals surface area contributed by atoms with E-state index in [-0.39, 0.29) is 18.1 Å². The van der Waals surface area contributed by atoms with Gasteiger partial charge in [0, 0.05) is 13.1 Å². The Balaban J connectivity index is 1.33. The average molecular weight is 320 g/mol. The fraction of sp³-hybridized carbons (Fsp3) is 0.706. The van der Waals surface area contributed by atoms with Crippen LogP contribution in [0.2, 0.25) is 0 Å². The number of fused-ring (bicyclic) bond motifs is 1. The molecule has 6 nitrogen and oxygen atoms in total. The molecule has 3 atom stereocenters. The first kappa shape index (κ1) is 15.2. The fourth-order valence-corrected chi connectivity index (χ4v) is 3.85. The van der Waals surface area contributed by atoms with Crippen molar-refractivity contribution in [1.82, 2.24) is 9.96 Å². The SMILES string of the molecule is O=C([C@@H]1C[C@@H]2CCN(Cc3ccco3)C[C@H]2O1)N1CCCCO1. The van der Waals surface area contributed by atoms with Crippen molar-refractivity contribution in [3.05, 3.63) is 24.2 Å². The third-order valence-electron chi connectivity index (χ3n) is 5.12. The highest BCUT2D eigenvalue weighted by Crippen LogP contribution is 2.34. The van der Waals surface area contributed by atoms with Gasteiger partial charge in [-0.05, 0) is 50.3 Å². The van der Waals surface area contributed by atoms with Gasteiger partial charge in [-0.2, -0.15) is 0 Å². The second-order valence-electron chi connectivity index (χ2n) is 6.74. The number of carbonyl (C=O) groups is 1. The predicted octanol–water partition coefficient (Wildman–Crippen LogP) is 1.81. The van der Waals surface area contributed by atoms with Crippen molar-refractivity contribution in [2.75, 3.05) is 26.2 Å². The molecule has 23 heavy (non-hydrogen) atoms. The zero-order chi connectivity index (χ0) is 15.6. The summed E-state index contributed by atoms with van der Waals surface area (Å²) in [5, 5.41) is 1.52. The molecule has 0 aromatic carbocycles. The second kappa shape index (κ2) is 6.63. The van der Waals surface area contributed by atoms with Gasteiger partial charge in [-0.15, -0.1) is 0 Å². The van der Waals surface area contributed by atoms with Crippen molar-refractivity contribution in [2.45, 2.75) is 44.4 Å². The number of hydroxylamine groups is 2. The lowest BCUT2D eigenvalue weighted by atomic mass is 9.91. The molecule has 0 spiro atoms. The zero-order valence-electron chi connectivity index (χ0n) is 13.4. The van der Waals surface area contributed by atoms with Crippen LogP contribution in [0.15, 0.2) is 22.8 Å². The Labute approximate surface area is 136 Å². The summed E-state index contributed by atoms with van der Waals surface area (Å²) in [6.45, 7) is 4.05. The van der Waals surface area contributed by atoms with Crippen LogP contribution in [0.5, 0.6) is 0 Å². The highest BCUT2D eigenvalue weighted by molar-refractivity contribution is 5.80. The van der Waals surface area contributed by atoms with Crippen LogP contribution < -0.4 is 0 Å². The van der Waals surface area contributed by atoms with Gasteiger partial charge in [0.2, 0.25) is 0 Å². The van der Waals surface area contributed by atoms with E-state index in [1.807, 2.05) is 12.1 Å². The summed E-state index contributed by atoms with van der Waals surface area (Å²) in [4.78, 5) is 20.4. The van der Waals surface area contributed by atoms with Crippen LogP contribution in [0.1, 0.15) is 31.4 Å². The number of ether oxygens (including phenoxy) is 1. The van der Waals surface area contributed by atoms with E-state index >= 15 is 0 Å². The number of nitrogens with zero attached hydrogens (tertiary/aromatic N) is 2. The number of piperidine rings is 1. The Hall–Kier alpha value is -1.37. The van der Waals surface area contributed by atoms with Crippen LogP contribution in [0.3, 0.4) is 0 Å². The van der Waals surface area contributed by atoms with Gasteiger partial charge in [0.25, 0.3) is 5.91 Å². The minimum Gasteiger partial charge on any atom is -0.468 e. The van der Waals surface area contributed by atoms with E-state index in [1.54, 1.807) is 6.26 Å². The molecule has 3 aliphatic rings. The summed E-state index contributed by atoms with van der Waals surface area (Å²) in [7, 11) is 0. The molecule has 4 heterocycles. The van der Waals surface area contributed by atoms with Crippen molar-refractivity contribution in [3.63, 3.8) is 0 Å². The molecule has 3 aliphatic heterocycles. The second-order valence-corrected chi connectivity index (χ2v) is 6.74. The standard InChI is InChI=1S/C17H24N2O4/c20-17(19-6-1-2-9-22-19)15-10-13-5-7-18(12-16(13)23-15)11-14-4-3-8-21-14/h3-4,8,13,15-16H,1-2,5-7,9-12H2/t13-,15-,16+/m0/s1.